The molecule has 2 rings (SSSR count). The van der Waals surface area contributed by atoms with Crippen LogP contribution in [0.2, 0.25) is 0 Å². The fourth-order valence-electron chi connectivity index (χ4n) is 1.66. The third kappa shape index (κ3) is 3.20. The van der Waals surface area contributed by atoms with Crippen LogP contribution >= 0.6 is 0 Å². The van der Waals surface area contributed by atoms with Gasteiger partial charge in [-0.3, -0.25) is 4.79 Å². The number of fused-ring (bicyclic) bond motifs is 1. The Labute approximate surface area is 100 Å². The van der Waals surface area contributed by atoms with E-state index >= 15 is 0 Å². The van der Waals surface area contributed by atoms with Gasteiger partial charge < -0.3 is 14.2 Å². The molecule has 0 unspecified atom stereocenters. The molecule has 0 aliphatic carbocycles. The van der Waals surface area contributed by atoms with Crippen molar-refractivity contribution >= 4 is 5.78 Å². The summed E-state index contributed by atoms with van der Waals surface area (Å²) in [7, 11) is 0. The molecule has 1 aliphatic heterocycles. The van der Waals surface area contributed by atoms with Crippen LogP contribution in [0.25, 0.3) is 0 Å². The van der Waals surface area contributed by atoms with E-state index in [9.17, 15) is 4.79 Å². The molecule has 0 amide bonds. The summed E-state index contributed by atoms with van der Waals surface area (Å²) >= 11 is 0. The second-order valence-corrected chi connectivity index (χ2v) is 3.97. The van der Waals surface area contributed by atoms with Gasteiger partial charge in [-0.15, -0.1) is 0 Å². The molecule has 0 N–H and O–H groups in total. The number of carbonyl (C=O) groups is 1. The summed E-state index contributed by atoms with van der Waals surface area (Å²) < 4.78 is 15.8. The summed E-state index contributed by atoms with van der Waals surface area (Å²) in [5, 5.41) is 0. The Bertz CT molecular complexity index is 400. The van der Waals surface area contributed by atoms with Crippen LogP contribution in [0.5, 0.6) is 11.5 Å². The van der Waals surface area contributed by atoms with E-state index < -0.39 is 0 Å². The number of benzene rings is 1. The van der Waals surface area contributed by atoms with E-state index in [2.05, 4.69) is 0 Å². The van der Waals surface area contributed by atoms with Crippen molar-refractivity contribution in [2.24, 2.45) is 0 Å². The summed E-state index contributed by atoms with van der Waals surface area (Å²) in [6.07, 6.45) is 1.45. The van der Waals surface area contributed by atoms with Gasteiger partial charge in [0.05, 0.1) is 6.61 Å². The van der Waals surface area contributed by atoms with Gasteiger partial charge in [-0.05, 0) is 24.1 Å². The molecule has 17 heavy (non-hydrogen) atoms. The van der Waals surface area contributed by atoms with Crippen LogP contribution in [0.15, 0.2) is 18.2 Å². The molecule has 1 aliphatic rings. The summed E-state index contributed by atoms with van der Waals surface area (Å²) in [6.45, 7) is 2.86. The first kappa shape index (κ1) is 11.9. The number of ketones is 1. The molecule has 0 bridgehead atoms. The molecule has 1 aromatic rings. The van der Waals surface area contributed by atoms with Crippen LogP contribution in [0.1, 0.15) is 25.3 Å². The highest BCUT2D eigenvalue weighted by atomic mass is 16.7. The van der Waals surface area contributed by atoms with E-state index in [0.717, 1.165) is 23.5 Å². The van der Waals surface area contributed by atoms with Crippen molar-refractivity contribution in [3.05, 3.63) is 23.8 Å². The quantitative estimate of drug-likeness (QED) is 0.760. The maximum Gasteiger partial charge on any atom is 0.231 e. The molecule has 0 spiro atoms. The first-order chi connectivity index (χ1) is 8.29. The SMILES string of the molecule is CCCC(=O)COCc1ccc2c(c1)OCO2. The topological polar surface area (TPSA) is 44.8 Å². The highest BCUT2D eigenvalue weighted by Crippen LogP contribution is 2.32. The molecular formula is C13H16O4. The van der Waals surface area contributed by atoms with Crippen LogP contribution in [-0.4, -0.2) is 19.2 Å². The first-order valence-electron chi connectivity index (χ1n) is 5.77. The van der Waals surface area contributed by atoms with Crippen molar-refractivity contribution in [3.63, 3.8) is 0 Å². The number of rotatable bonds is 6. The molecule has 1 aromatic carbocycles. The van der Waals surface area contributed by atoms with Crippen molar-refractivity contribution in [2.45, 2.75) is 26.4 Å². The zero-order chi connectivity index (χ0) is 12.1. The highest BCUT2D eigenvalue weighted by molar-refractivity contribution is 5.79. The third-order valence-electron chi connectivity index (χ3n) is 2.50. The Morgan fingerprint density at radius 3 is 3.00 bits per heavy atom. The Morgan fingerprint density at radius 1 is 1.35 bits per heavy atom. The van der Waals surface area contributed by atoms with E-state index in [4.69, 9.17) is 14.2 Å². The molecule has 0 saturated heterocycles. The second-order valence-electron chi connectivity index (χ2n) is 3.97. The smallest absolute Gasteiger partial charge is 0.231 e. The summed E-state index contributed by atoms with van der Waals surface area (Å²) in [5.41, 5.74) is 0.985. The number of ether oxygens (including phenoxy) is 3. The third-order valence-corrected chi connectivity index (χ3v) is 2.50. The Hall–Kier alpha value is -1.55. The van der Waals surface area contributed by atoms with Crippen LogP contribution in [0.3, 0.4) is 0 Å². The van der Waals surface area contributed by atoms with E-state index in [1.807, 2.05) is 25.1 Å². The van der Waals surface area contributed by atoms with Gasteiger partial charge in [-0.1, -0.05) is 13.0 Å². The van der Waals surface area contributed by atoms with Gasteiger partial charge in [0.2, 0.25) is 6.79 Å². The lowest BCUT2D eigenvalue weighted by Crippen LogP contribution is -2.07. The lowest BCUT2D eigenvalue weighted by atomic mass is 10.2. The molecule has 0 radical (unpaired) electrons. The van der Waals surface area contributed by atoms with Gasteiger partial charge in [-0.2, -0.15) is 0 Å². The molecule has 0 atom stereocenters. The number of Topliss-reactive ketones (excluding diaryl/α,β-unsaturated/α-hetero) is 1. The largest absolute Gasteiger partial charge is 0.454 e. The fraction of sp³-hybridized carbons (Fsp3) is 0.462. The van der Waals surface area contributed by atoms with Gasteiger partial charge in [0.15, 0.2) is 17.3 Å². The van der Waals surface area contributed by atoms with Crippen molar-refractivity contribution in [1.82, 2.24) is 0 Å². The zero-order valence-electron chi connectivity index (χ0n) is 9.90. The van der Waals surface area contributed by atoms with Gasteiger partial charge in [0.1, 0.15) is 6.61 Å². The summed E-state index contributed by atoms with van der Waals surface area (Å²) in [5.74, 6) is 1.65. The van der Waals surface area contributed by atoms with Gasteiger partial charge in [-0.25, -0.2) is 0 Å². The lowest BCUT2D eigenvalue weighted by molar-refractivity contribution is -0.124. The first-order valence-corrected chi connectivity index (χ1v) is 5.77. The Morgan fingerprint density at radius 2 is 2.18 bits per heavy atom. The second kappa shape index (κ2) is 5.68. The van der Waals surface area contributed by atoms with E-state index in [0.29, 0.717) is 13.0 Å². The minimum atomic E-state index is 0.147. The molecule has 4 heteroatoms. The highest BCUT2D eigenvalue weighted by Gasteiger charge is 2.13. The molecule has 1 heterocycles. The maximum absolute atomic E-state index is 11.3. The molecular weight excluding hydrogens is 220 g/mol. The van der Waals surface area contributed by atoms with Crippen LogP contribution in [0.4, 0.5) is 0 Å². The average Bonchev–Trinajstić information content (AvgIpc) is 2.76. The minimum absolute atomic E-state index is 0.147. The Balaban J connectivity index is 1.81. The van der Waals surface area contributed by atoms with Crippen LogP contribution in [-0.2, 0) is 16.1 Å². The van der Waals surface area contributed by atoms with E-state index in [-0.39, 0.29) is 19.2 Å². The van der Waals surface area contributed by atoms with Crippen LogP contribution < -0.4 is 9.47 Å². The van der Waals surface area contributed by atoms with Crippen LogP contribution in [0, 0.1) is 0 Å². The van der Waals surface area contributed by atoms with Gasteiger partial charge in [0, 0.05) is 6.42 Å². The zero-order valence-corrected chi connectivity index (χ0v) is 9.90. The standard InChI is InChI=1S/C13H16O4/c1-2-3-11(14)8-15-7-10-4-5-12-13(6-10)17-9-16-12/h4-6H,2-3,7-9H2,1H3. The molecule has 0 saturated carbocycles. The lowest BCUT2D eigenvalue weighted by Gasteiger charge is -2.04. The van der Waals surface area contributed by atoms with Crippen molar-refractivity contribution in [3.8, 4) is 11.5 Å². The number of hydrogen-bond acceptors (Lipinski definition) is 4. The average molecular weight is 236 g/mol. The van der Waals surface area contributed by atoms with E-state index in [1.54, 1.807) is 0 Å². The summed E-state index contributed by atoms with van der Waals surface area (Å²) in [4.78, 5) is 11.3. The monoisotopic (exact) mass is 236 g/mol. The molecule has 4 nitrogen and oxygen atoms in total. The van der Waals surface area contributed by atoms with Crippen molar-refractivity contribution in [1.29, 1.82) is 0 Å². The minimum Gasteiger partial charge on any atom is -0.454 e. The maximum atomic E-state index is 11.3. The predicted octanol–water partition coefficient (Wildman–Crippen LogP) is 2.30. The van der Waals surface area contributed by atoms with Crippen molar-refractivity contribution in [2.75, 3.05) is 13.4 Å². The Kier molecular flexibility index (Phi) is 3.98. The normalized spacial score (nSPS) is 12.8. The predicted molar refractivity (Wildman–Crippen MR) is 62.1 cm³/mol. The molecule has 0 aromatic heterocycles. The number of carbonyl (C=O) groups excluding carboxylic acids is 1. The molecule has 92 valence electrons. The molecule has 0 fully saturated rings. The van der Waals surface area contributed by atoms with Crippen molar-refractivity contribution < 1.29 is 19.0 Å². The fourth-order valence-corrected chi connectivity index (χ4v) is 1.66. The van der Waals surface area contributed by atoms with Gasteiger partial charge in [0.25, 0.3) is 0 Å². The number of hydrogen-bond donors (Lipinski definition) is 0. The van der Waals surface area contributed by atoms with E-state index in [1.165, 1.54) is 0 Å². The van der Waals surface area contributed by atoms with Gasteiger partial charge >= 0.3 is 0 Å². The summed E-state index contributed by atoms with van der Waals surface area (Å²) in [6, 6.07) is 5.65.